The van der Waals surface area contributed by atoms with E-state index in [0.717, 1.165) is 54.7 Å². The Morgan fingerprint density at radius 3 is 2.79 bits per heavy atom. The van der Waals surface area contributed by atoms with Crippen molar-refractivity contribution in [3.63, 3.8) is 0 Å². The van der Waals surface area contributed by atoms with E-state index in [9.17, 15) is 4.79 Å². The van der Waals surface area contributed by atoms with Crippen molar-refractivity contribution >= 4 is 17.6 Å². The van der Waals surface area contributed by atoms with Crippen molar-refractivity contribution in [1.82, 2.24) is 5.32 Å². The van der Waals surface area contributed by atoms with Gasteiger partial charge in [0.1, 0.15) is 5.75 Å². The first-order valence-corrected chi connectivity index (χ1v) is 10.4. The molecule has 29 heavy (non-hydrogen) atoms. The molecule has 4 rings (SSSR count). The second kappa shape index (κ2) is 8.99. The summed E-state index contributed by atoms with van der Waals surface area (Å²) in [5, 5.41) is 6.35. The number of nitrogens with zero attached hydrogens (tertiary/aromatic N) is 1. The van der Waals surface area contributed by atoms with Crippen LogP contribution in [0, 0.1) is 5.92 Å². The van der Waals surface area contributed by atoms with Crippen molar-refractivity contribution in [1.29, 1.82) is 0 Å². The van der Waals surface area contributed by atoms with Crippen LogP contribution in [-0.2, 0) is 11.3 Å². The highest BCUT2D eigenvalue weighted by Crippen LogP contribution is 2.31. The van der Waals surface area contributed by atoms with E-state index in [1.165, 1.54) is 0 Å². The largest absolute Gasteiger partial charge is 0.493 e. The number of carbonyl (C=O) groups excluding carboxylic acids is 1. The van der Waals surface area contributed by atoms with Gasteiger partial charge in [-0.25, -0.2) is 4.99 Å². The van der Waals surface area contributed by atoms with Crippen molar-refractivity contribution in [2.75, 3.05) is 11.9 Å². The molecule has 1 amide bonds. The zero-order valence-electron chi connectivity index (χ0n) is 16.6. The quantitative estimate of drug-likeness (QED) is 0.534. The maximum absolute atomic E-state index is 12.3. The van der Waals surface area contributed by atoms with Gasteiger partial charge in [0.2, 0.25) is 5.91 Å². The SMILES string of the molecule is NC(=NCc1cccc(NC(=O)C2CCCC2)c1)NC1CCOc2ccccc21. The lowest BCUT2D eigenvalue weighted by Crippen LogP contribution is -2.37. The molecule has 2 aromatic carbocycles. The maximum atomic E-state index is 12.3. The maximum Gasteiger partial charge on any atom is 0.227 e. The third-order valence-electron chi connectivity index (χ3n) is 5.63. The fraction of sp³-hybridized carbons (Fsp3) is 0.391. The minimum absolute atomic E-state index is 0.0979. The average Bonchev–Trinajstić information content (AvgIpc) is 3.28. The van der Waals surface area contributed by atoms with Crippen LogP contribution in [0.1, 0.15) is 49.3 Å². The molecule has 152 valence electrons. The van der Waals surface area contributed by atoms with Crippen LogP contribution in [0.3, 0.4) is 0 Å². The average molecular weight is 393 g/mol. The summed E-state index contributed by atoms with van der Waals surface area (Å²) >= 11 is 0. The van der Waals surface area contributed by atoms with Crippen molar-refractivity contribution in [3.8, 4) is 5.75 Å². The molecule has 1 aliphatic heterocycles. The molecule has 1 fully saturated rings. The summed E-state index contributed by atoms with van der Waals surface area (Å²) in [5.41, 5.74) is 9.07. The second-order valence-electron chi connectivity index (χ2n) is 7.74. The molecule has 1 heterocycles. The predicted octanol–water partition coefficient (Wildman–Crippen LogP) is 3.74. The highest BCUT2D eigenvalue weighted by molar-refractivity contribution is 5.92. The van der Waals surface area contributed by atoms with Crippen molar-refractivity contribution in [3.05, 3.63) is 59.7 Å². The molecule has 0 radical (unpaired) electrons. The van der Waals surface area contributed by atoms with Gasteiger partial charge in [0.15, 0.2) is 5.96 Å². The van der Waals surface area contributed by atoms with Gasteiger partial charge in [0, 0.05) is 23.6 Å². The third kappa shape index (κ3) is 4.88. The molecule has 6 nitrogen and oxygen atoms in total. The van der Waals surface area contributed by atoms with Gasteiger partial charge in [-0.2, -0.15) is 0 Å². The van der Waals surface area contributed by atoms with Crippen molar-refractivity contribution in [2.24, 2.45) is 16.6 Å². The van der Waals surface area contributed by atoms with E-state index in [2.05, 4.69) is 21.7 Å². The van der Waals surface area contributed by atoms with Crippen LogP contribution < -0.4 is 21.1 Å². The van der Waals surface area contributed by atoms with Gasteiger partial charge in [-0.3, -0.25) is 4.79 Å². The van der Waals surface area contributed by atoms with Crippen molar-refractivity contribution in [2.45, 2.75) is 44.7 Å². The van der Waals surface area contributed by atoms with Crippen LogP contribution in [0.2, 0.25) is 0 Å². The molecule has 1 saturated carbocycles. The number of guanidine groups is 1. The molecule has 1 atom stereocenters. The highest BCUT2D eigenvalue weighted by Gasteiger charge is 2.23. The number of anilines is 1. The van der Waals surface area contributed by atoms with Crippen LogP contribution in [-0.4, -0.2) is 18.5 Å². The Labute approximate surface area is 171 Å². The molecule has 0 bridgehead atoms. The third-order valence-corrected chi connectivity index (χ3v) is 5.63. The molecule has 0 saturated heterocycles. The summed E-state index contributed by atoms with van der Waals surface area (Å²) in [4.78, 5) is 16.8. The van der Waals surface area contributed by atoms with Gasteiger partial charge in [-0.15, -0.1) is 0 Å². The standard InChI is InChI=1S/C23H28N4O2/c24-23(27-20-12-13-29-21-11-4-3-10-19(20)21)25-15-16-6-5-9-18(14-16)26-22(28)17-7-1-2-8-17/h3-6,9-11,14,17,20H,1-2,7-8,12-13,15H2,(H,26,28)(H3,24,25,27). The monoisotopic (exact) mass is 392 g/mol. The van der Waals surface area contributed by atoms with Gasteiger partial charge < -0.3 is 21.1 Å². The molecular formula is C23H28N4O2. The number of ether oxygens (including phenoxy) is 1. The van der Waals surface area contributed by atoms with E-state index in [4.69, 9.17) is 10.5 Å². The summed E-state index contributed by atoms with van der Waals surface area (Å²) in [6, 6.07) is 15.9. The minimum Gasteiger partial charge on any atom is -0.493 e. The number of benzene rings is 2. The van der Waals surface area contributed by atoms with Gasteiger partial charge in [0.05, 0.1) is 19.2 Å². The summed E-state index contributed by atoms with van der Waals surface area (Å²) in [7, 11) is 0. The van der Waals surface area contributed by atoms with Gasteiger partial charge >= 0.3 is 0 Å². The molecule has 1 aliphatic carbocycles. The Kier molecular flexibility index (Phi) is 5.98. The molecule has 6 heteroatoms. The predicted molar refractivity (Wildman–Crippen MR) is 115 cm³/mol. The molecule has 0 aromatic heterocycles. The smallest absolute Gasteiger partial charge is 0.227 e. The fourth-order valence-electron chi connectivity index (χ4n) is 4.07. The Morgan fingerprint density at radius 1 is 1.10 bits per heavy atom. The molecular weight excluding hydrogens is 364 g/mol. The number of rotatable bonds is 5. The first-order chi connectivity index (χ1) is 14.2. The summed E-state index contributed by atoms with van der Waals surface area (Å²) < 4.78 is 5.69. The summed E-state index contributed by atoms with van der Waals surface area (Å²) in [6.45, 7) is 1.11. The van der Waals surface area contributed by atoms with Crippen LogP contribution in [0.15, 0.2) is 53.5 Å². The number of para-hydroxylation sites is 1. The normalized spacial score (nSPS) is 19.3. The first kappa shape index (κ1) is 19.3. The van der Waals surface area contributed by atoms with Crippen LogP contribution in [0.5, 0.6) is 5.75 Å². The number of nitrogens with one attached hydrogen (secondary N) is 2. The molecule has 4 N–H and O–H groups in total. The lowest BCUT2D eigenvalue weighted by molar-refractivity contribution is -0.119. The van der Waals surface area contributed by atoms with Crippen LogP contribution >= 0.6 is 0 Å². The zero-order valence-corrected chi connectivity index (χ0v) is 16.6. The lowest BCUT2D eigenvalue weighted by atomic mass is 10.0. The van der Waals surface area contributed by atoms with E-state index < -0.39 is 0 Å². The van der Waals surface area contributed by atoms with E-state index in [1.54, 1.807) is 0 Å². The number of amides is 1. The lowest BCUT2D eigenvalue weighted by Gasteiger charge is -2.26. The van der Waals surface area contributed by atoms with Crippen LogP contribution in [0.25, 0.3) is 0 Å². The summed E-state index contributed by atoms with van der Waals surface area (Å²) in [5.74, 6) is 1.59. The minimum atomic E-state index is 0.0979. The topological polar surface area (TPSA) is 88.7 Å². The fourth-order valence-corrected chi connectivity index (χ4v) is 4.07. The Balaban J connectivity index is 1.36. The number of carbonyl (C=O) groups is 1. The second-order valence-corrected chi connectivity index (χ2v) is 7.74. The molecule has 2 aromatic rings. The van der Waals surface area contributed by atoms with Crippen molar-refractivity contribution < 1.29 is 9.53 Å². The van der Waals surface area contributed by atoms with Gasteiger partial charge in [0.25, 0.3) is 0 Å². The van der Waals surface area contributed by atoms with E-state index in [-0.39, 0.29) is 17.9 Å². The van der Waals surface area contributed by atoms with Gasteiger partial charge in [-0.05, 0) is 36.6 Å². The van der Waals surface area contributed by atoms with E-state index >= 15 is 0 Å². The Hall–Kier alpha value is -3.02. The van der Waals surface area contributed by atoms with E-state index in [1.807, 2.05) is 42.5 Å². The highest BCUT2D eigenvalue weighted by atomic mass is 16.5. The molecule has 0 spiro atoms. The Bertz CT molecular complexity index is 890. The van der Waals surface area contributed by atoms with Crippen LogP contribution in [0.4, 0.5) is 5.69 Å². The Morgan fingerprint density at radius 2 is 1.93 bits per heavy atom. The van der Waals surface area contributed by atoms with Gasteiger partial charge in [-0.1, -0.05) is 43.2 Å². The number of hydrogen-bond donors (Lipinski definition) is 3. The van der Waals surface area contributed by atoms with E-state index in [0.29, 0.717) is 19.1 Å². The molecule has 2 aliphatic rings. The zero-order chi connectivity index (χ0) is 20.1. The number of fused-ring (bicyclic) bond motifs is 1. The summed E-state index contributed by atoms with van der Waals surface area (Å²) in [6.07, 6.45) is 5.13. The molecule has 1 unspecified atom stereocenters. The number of aliphatic imine (C=N–C) groups is 1. The first-order valence-electron chi connectivity index (χ1n) is 10.4. The number of hydrogen-bond acceptors (Lipinski definition) is 3. The number of nitrogens with two attached hydrogens (primary N) is 1.